The maximum Gasteiger partial charge on any atom is 0.226 e. The number of carbonyl (C=O) groups is 1. The van der Waals surface area contributed by atoms with E-state index in [-0.39, 0.29) is 30.8 Å². The Labute approximate surface area is 155 Å². The average molecular weight is 361 g/mol. The fourth-order valence-corrected chi connectivity index (χ4v) is 3.05. The minimum atomic E-state index is -0.295. The molecule has 0 bridgehead atoms. The number of nitrogens with one attached hydrogen (secondary N) is 1. The Morgan fingerprint density at radius 3 is 2.36 bits per heavy atom. The minimum absolute atomic E-state index is 0. The van der Waals surface area contributed by atoms with Crippen molar-refractivity contribution in [3.8, 4) is 5.75 Å². The van der Waals surface area contributed by atoms with Crippen molar-refractivity contribution in [1.29, 1.82) is 0 Å². The standard InChI is InChI=1S/C20H24N2O2.ClH/c21-19(15-6-2-1-3-7-15)14-20(23)22-16-10-12-18(13-11-16)24-17-8-4-5-9-17;/h1-3,6-7,10-13,17,19H,4-5,8-9,14,21H2,(H,22,23);1H. The summed E-state index contributed by atoms with van der Waals surface area (Å²) < 4.78 is 5.92. The van der Waals surface area contributed by atoms with Crippen molar-refractivity contribution in [3.05, 3.63) is 60.2 Å². The van der Waals surface area contributed by atoms with E-state index in [0.29, 0.717) is 6.10 Å². The minimum Gasteiger partial charge on any atom is -0.490 e. The predicted octanol–water partition coefficient (Wildman–Crippen LogP) is 4.46. The Balaban J connectivity index is 0.00000225. The van der Waals surface area contributed by atoms with E-state index in [1.807, 2.05) is 54.6 Å². The number of hydrogen-bond donors (Lipinski definition) is 2. The van der Waals surface area contributed by atoms with Crippen LogP contribution in [0.2, 0.25) is 0 Å². The van der Waals surface area contributed by atoms with E-state index in [4.69, 9.17) is 10.5 Å². The Morgan fingerprint density at radius 2 is 1.72 bits per heavy atom. The number of benzene rings is 2. The highest BCUT2D eigenvalue weighted by Crippen LogP contribution is 2.25. The van der Waals surface area contributed by atoms with Crippen molar-refractivity contribution in [2.24, 2.45) is 5.73 Å². The van der Waals surface area contributed by atoms with Crippen molar-refractivity contribution >= 4 is 24.0 Å². The largest absolute Gasteiger partial charge is 0.490 e. The molecule has 3 N–H and O–H groups in total. The summed E-state index contributed by atoms with van der Waals surface area (Å²) in [6.07, 6.45) is 5.37. The van der Waals surface area contributed by atoms with E-state index in [0.717, 1.165) is 29.8 Å². The van der Waals surface area contributed by atoms with Crippen molar-refractivity contribution in [2.45, 2.75) is 44.2 Å². The number of anilines is 1. The van der Waals surface area contributed by atoms with E-state index in [1.54, 1.807) is 0 Å². The molecule has 0 radical (unpaired) electrons. The SMILES string of the molecule is Cl.NC(CC(=O)Nc1ccc(OC2CCCC2)cc1)c1ccccc1. The summed E-state index contributed by atoms with van der Waals surface area (Å²) in [4.78, 5) is 12.1. The maximum absolute atomic E-state index is 12.1. The van der Waals surface area contributed by atoms with Crippen LogP contribution < -0.4 is 15.8 Å². The zero-order chi connectivity index (χ0) is 16.8. The van der Waals surface area contributed by atoms with Crippen LogP contribution in [0, 0.1) is 0 Å². The molecule has 0 heterocycles. The second kappa shape index (κ2) is 9.44. The first-order valence-electron chi connectivity index (χ1n) is 8.58. The van der Waals surface area contributed by atoms with Crippen LogP contribution >= 0.6 is 12.4 Å². The summed E-state index contributed by atoms with van der Waals surface area (Å²) >= 11 is 0. The summed E-state index contributed by atoms with van der Waals surface area (Å²) in [5, 5.41) is 2.89. The molecular formula is C20H25ClN2O2. The van der Waals surface area contributed by atoms with E-state index in [2.05, 4.69) is 5.32 Å². The van der Waals surface area contributed by atoms with Gasteiger partial charge in [-0.2, -0.15) is 0 Å². The van der Waals surface area contributed by atoms with Gasteiger partial charge in [-0.3, -0.25) is 4.79 Å². The molecule has 25 heavy (non-hydrogen) atoms. The van der Waals surface area contributed by atoms with Gasteiger partial charge in [0.05, 0.1) is 6.10 Å². The lowest BCUT2D eigenvalue weighted by Crippen LogP contribution is -2.20. The lowest BCUT2D eigenvalue weighted by Gasteiger charge is -2.14. The van der Waals surface area contributed by atoms with E-state index < -0.39 is 0 Å². The Kier molecular flexibility index (Phi) is 7.29. The highest BCUT2D eigenvalue weighted by molar-refractivity contribution is 5.91. The Morgan fingerprint density at radius 1 is 1.08 bits per heavy atom. The summed E-state index contributed by atoms with van der Waals surface area (Å²) in [6, 6.07) is 16.9. The van der Waals surface area contributed by atoms with E-state index >= 15 is 0 Å². The number of rotatable bonds is 6. The van der Waals surface area contributed by atoms with Gasteiger partial charge in [-0.25, -0.2) is 0 Å². The highest BCUT2D eigenvalue weighted by Gasteiger charge is 2.16. The molecule has 5 heteroatoms. The van der Waals surface area contributed by atoms with Crippen LogP contribution in [-0.2, 0) is 4.79 Å². The van der Waals surface area contributed by atoms with Crippen LogP contribution in [0.3, 0.4) is 0 Å². The molecule has 1 amide bonds. The quantitative estimate of drug-likeness (QED) is 0.799. The topological polar surface area (TPSA) is 64.4 Å². The molecule has 1 atom stereocenters. The molecule has 1 aliphatic rings. The van der Waals surface area contributed by atoms with Gasteiger partial charge in [0.1, 0.15) is 5.75 Å². The van der Waals surface area contributed by atoms with E-state index in [9.17, 15) is 4.79 Å². The first kappa shape index (κ1) is 19.3. The van der Waals surface area contributed by atoms with Gasteiger partial charge in [0.2, 0.25) is 5.91 Å². The van der Waals surface area contributed by atoms with Gasteiger partial charge in [-0.15, -0.1) is 12.4 Å². The molecule has 2 aromatic carbocycles. The highest BCUT2D eigenvalue weighted by atomic mass is 35.5. The molecule has 0 saturated heterocycles. The monoisotopic (exact) mass is 360 g/mol. The number of amides is 1. The first-order valence-corrected chi connectivity index (χ1v) is 8.58. The second-order valence-electron chi connectivity index (χ2n) is 6.32. The molecule has 0 aliphatic heterocycles. The molecule has 2 aromatic rings. The number of nitrogens with two attached hydrogens (primary N) is 1. The lowest BCUT2D eigenvalue weighted by atomic mass is 10.0. The number of ether oxygens (including phenoxy) is 1. The molecule has 3 rings (SSSR count). The summed E-state index contributed by atoms with van der Waals surface area (Å²) in [5.41, 5.74) is 7.81. The van der Waals surface area contributed by atoms with Gasteiger partial charge in [-0.1, -0.05) is 30.3 Å². The van der Waals surface area contributed by atoms with Gasteiger partial charge in [-0.05, 0) is 55.5 Å². The normalized spacial score (nSPS) is 15.2. The van der Waals surface area contributed by atoms with Crippen LogP contribution in [0.15, 0.2) is 54.6 Å². The molecule has 0 aromatic heterocycles. The third-order valence-corrected chi connectivity index (χ3v) is 4.38. The molecule has 1 saturated carbocycles. The smallest absolute Gasteiger partial charge is 0.226 e. The van der Waals surface area contributed by atoms with Gasteiger partial charge in [0, 0.05) is 18.2 Å². The molecule has 1 unspecified atom stereocenters. The van der Waals surface area contributed by atoms with Crippen LogP contribution in [0.5, 0.6) is 5.75 Å². The number of hydrogen-bond acceptors (Lipinski definition) is 3. The molecule has 1 aliphatic carbocycles. The third kappa shape index (κ3) is 5.76. The summed E-state index contributed by atoms with van der Waals surface area (Å²) in [5.74, 6) is 0.775. The Hall–Kier alpha value is -2.04. The van der Waals surface area contributed by atoms with Crippen LogP contribution in [-0.4, -0.2) is 12.0 Å². The Bertz CT molecular complexity index is 655. The molecule has 1 fully saturated rings. The second-order valence-corrected chi connectivity index (χ2v) is 6.32. The molecule has 4 nitrogen and oxygen atoms in total. The van der Waals surface area contributed by atoms with E-state index in [1.165, 1.54) is 12.8 Å². The van der Waals surface area contributed by atoms with Crippen molar-refractivity contribution in [2.75, 3.05) is 5.32 Å². The van der Waals surface area contributed by atoms with Crippen molar-refractivity contribution in [3.63, 3.8) is 0 Å². The lowest BCUT2D eigenvalue weighted by molar-refractivity contribution is -0.116. The number of halogens is 1. The average Bonchev–Trinajstić information content (AvgIpc) is 3.10. The fraction of sp³-hybridized carbons (Fsp3) is 0.350. The van der Waals surface area contributed by atoms with Gasteiger partial charge >= 0.3 is 0 Å². The zero-order valence-corrected chi connectivity index (χ0v) is 15.0. The van der Waals surface area contributed by atoms with Crippen LogP contribution in [0.25, 0.3) is 0 Å². The van der Waals surface area contributed by atoms with Crippen molar-refractivity contribution in [1.82, 2.24) is 0 Å². The third-order valence-electron chi connectivity index (χ3n) is 4.38. The number of carbonyl (C=O) groups excluding carboxylic acids is 1. The fourth-order valence-electron chi connectivity index (χ4n) is 3.05. The first-order chi connectivity index (χ1) is 11.7. The van der Waals surface area contributed by atoms with Gasteiger partial charge in [0.15, 0.2) is 0 Å². The zero-order valence-electron chi connectivity index (χ0n) is 14.2. The molecule has 134 valence electrons. The van der Waals surface area contributed by atoms with Gasteiger partial charge < -0.3 is 15.8 Å². The maximum atomic E-state index is 12.1. The summed E-state index contributed by atoms with van der Waals surface area (Å²) in [7, 11) is 0. The molecular weight excluding hydrogens is 336 g/mol. The molecule has 0 spiro atoms. The van der Waals surface area contributed by atoms with Crippen LogP contribution in [0.1, 0.15) is 43.7 Å². The van der Waals surface area contributed by atoms with Gasteiger partial charge in [0.25, 0.3) is 0 Å². The summed E-state index contributed by atoms with van der Waals surface area (Å²) in [6.45, 7) is 0. The van der Waals surface area contributed by atoms with Crippen molar-refractivity contribution < 1.29 is 9.53 Å². The predicted molar refractivity (Wildman–Crippen MR) is 103 cm³/mol. The van der Waals surface area contributed by atoms with Crippen LogP contribution in [0.4, 0.5) is 5.69 Å².